The van der Waals surface area contributed by atoms with Gasteiger partial charge in [-0.05, 0) is 12.1 Å². The summed E-state index contributed by atoms with van der Waals surface area (Å²) >= 11 is 12.7. The van der Waals surface area contributed by atoms with Crippen molar-refractivity contribution in [3.63, 3.8) is 0 Å². The molecule has 0 saturated heterocycles. The number of nitrogens with two attached hydrogens (primary N) is 1. The number of nitrogen functional groups attached to an aromatic ring is 1. The van der Waals surface area contributed by atoms with Gasteiger partial charge in [-0.1, -0.05) is 34.5 Å². The van der Waals surface area contributed by atoms with Gasteiger partial charge < -0.3 is 11.1 Å². The summed E-state index contributed by atoms with van der Waals surface area (Å²) in [5.74, 6) is -0.392. The number of halogens is 2. The SMILES string of the molecule is Nc1cc(Cl)cc(Cl)c1NC(=O)Cn1ccsc1=O. The van der Waals surface area contributed by atoms with Crippen molar-refractivity contribution in [2.75, 3.05) is 11.1 Å². The van der Waals surface area contributed by atoms with E-state index in [4.69, 9.17) is 28.9 Å². The van der Waals surface area contributed by atoms with Gasteiger partial charge in [-0.3, -0.25) is 14.2 Å². The topological polar surface area (TPSA) is 77.1 Å². The molecule has 5 nitrogen and oxygen atoms in total. The Morgan fingerprint density at radius 2 is 2.16 bits per heavy atom. The van der Waals surface area contributed by atoms with Crippen LogP contribution in [0.4, 0.5) is 11.4 Å². The highest BCUT2D eigenvalue weighted by atomic mass is 35.5. The molecule has 0 bridgehead atoms. The lowest BCUT2D eigenvalue weighted by Crippen LogP contribution is -2.24. The number of benzene rings is 1. The number of carbonyl (C=O) groups excluding carboxylic acids is 1. The average molecular weight is 318 g/mol. The van der Waals surface area contributed by atoms with Crippen molar-refractivity contribution in [1.29, 1.82) is 0 Å². The number of anilines is 2. The lowest BCUT2D eigenvalue weighted by atomic mass is 10.2. The van der Waals surface area contributed by atoms with E-state index in [1.165, 1.54) is 16.7 Å². The maximum atomic E-state index is 11.8. The van der Waals surface area contributed by atoms with Crippen LogP contribution in [0.5, 0.6) is 0 Å². The van der Waals surface area contributed by atoms with Crippen LogP contribution in [-0.4, -0.2) is 10.5 Å². The first-order valence-electron chi connectivity index (χ1n) is 5.15. The standard InChI is InChI=1S/C11H9Cl2N3O2S/c12-6-3-7(13)10(8(14)4-6)15-9(17)5-16-1-2-19-11(16)18/h1-4H,5,14H2,(H,15,17). The molecular formula is C11H9Cl2N3O2S. The zero-order valence-corrected chi connectivity index (χ0v) is 11.9. The second-order valence-corrected chi connectivity index (χ2v) is 5.40. The second kappa shape index (κ2) is 5.64. The van der Waals surface area contributed by atoms with Gasteiger partial charge in [0.2, 0.25) is 5.91 Å². The van der Waals surface area contributed by atoms with Crippen molar-refractivity contribution in [3.8, 4) is 0 Å². The summed E-state index contributed by atoms with van der Waals surface area (Å²) < 4.78 is 1.29. The molecule has 3 N–H and O–H groups in total. The third kappa shape index (κ3) is 3.28. The van der Waals surface area contributed by atoms with Crippen LogP contribution in [-0.2, 0) is 11.3 Å². The summed E-state index contributed by atoms with van der Waals surface area (Å²) in [5.41, 5.74) is 6.28. The molecule has 19 heavy (non-hydrogen) atoms. The van der Waals surface area contributed by atoms with Gasteiger partial charge in [0, 0.05) is 16.6 Å². The van der Waals surface area contributed by atoms with Crippen LogP contribution in [0.1, 0.15) is 0 Å². The molecule has 1 amide bonds. The van der Waals surface area contributed by atoms with E-state index in [1.807, 2.05) is 0 Å². The zero-order chi connectivity index (χ0) is 14.0. The molecular weight excluding hydrogens is 309 g/mol. The molecule has 0 fully saturated rings. The van der Waals surface area contributed by atoms with E-state index in [0.717, 1.165) is 11.3 Å². The minimum Gasteiger partial charge on any atom is -0.397 e. The summed E-state index contributed by atoms with van der Waals surface area (Å²) in [6.45, 7) is -0.0965. The summed E-state index contributed by atoms with van der Waals surface area (Å²) in [5, 5.41) is 4.80. The minimum absolute atomic E-state index is 0.0965. The molecule has 1 heterocycles. The Morgan fingerprint density at radius 3 is 2.74 bits per heavy atom. The van der Waals surface area contributed by atoms with Crippen molar-refractivity contribution in [2.45, 2.75) is 6.54 Å². The van der Waals surface area contributed by atoms with Gasteiger partial charge in [0.05, 0.1) is 16.4 Å². The Balaban J connectivity index is 2.16. The summed E-state index contributed by atoms with van der Waals surface area (Å²) in [7, 11) is 0. The maximum absolute atomic E-state index is 11.8. The van der Waals surface area contributed by atoms with Crippen LogP contribution in [0.2, 0.25) is 10.0 Å². The lowest BCUT2D eigenvalue weighted by molar-refractivity contribution is -0.116. The van der Waals surface area contributed by atoms with Crippen molar-refractivity contribution < 1.29 is 4.79 Å². The van der Waals surface area contributed by atoms with Gasteiger partial charge in [0.25, 0.3) is 0 Å². The molecule has 2 rings (SSSR count). The summed E-state index contributed by atoms with van der Waals surface area (Å²) in [6, 6.07) is 2.96. The van der Waals surface area contributed by atoms with Gasteiger partial charge in [0.15, 0.2) is 0 Å². The van der Waals surface area contributed by atoms with Crippen molar-refractivity contribution in [2.24, 2.45) is 0 Å². The largest absolute Gasteiger partial charge is 0.397 e. The number of hydrogen-bond donors (Lipinski definition) is 2. The lowest BCUT2D eigenvalue weighted by Gasteiger charge is -2.10. The Bertz CT molecular complexity index is 658. The second-order valence-electron chi connectivity index (χ2n) is 3.70. The van der Waals surface area contributed by atoms with Crippen LogP contribution in [0.25, 0.3) is 0 Å². The fraction of sp³-hybridized carbons (Fsp3) is 0.0909. The van der Waals surface area contributed by atoms with Crippen LogP contribution >= 0.6 is 34.5 Å². The molecule has 0 saturated carbocycles. The Morgan fingerprint density at radius 1 is 1.42 bits per heavy atom. The van der Waals surface area contributed by atoms with Gasteiger partial charge in [-0.2, -0.15) is 0 Å². The number of rotatable bonds is 3. The van der Waals surface area contributed by atoms with E-state index in [0.29, 0.717) is 10.7 Å². The molecule has 0 atom stereocenters. The molecule has 0 radical (unpaired) electrons. The Kier molecular flexibility index (Phi) is 4.14. The highest BCUT2D eigenvalue weighted by Gasteiger charge is 2.11. The first-order chi connectivity index (χ1) is 8.97. The number of nitrogens with one attached hydrogen (secondary N) is 1. The smallest absolute Gasteiger partial charge is 0.307 e. The molecule has 0 spiro atoms. The molecule has 2 aromatic rings. The number of nitrogens with zero attached hydrogens (tertiary/aromatic N) is 1. The summed E-state index contributed by atoms with van der Waals surface area (Å²) in [6.07, 6.45) is 1.54. The molecule has 1 aromatic carbocycles. The Labute approximate surface area is 122 Å². The zero-order valence-electron chi connectivity index (χ0n) is 9.52. The molecule has 100 valence electrons. The van der Waals surface area contributed by atoms with Gasteiger partial charge >= 0.3 is 4.87 Å². The van der Waals surface area contributed by atoms with Gasteiger partial charge in [0.1, 0.15) is 6.54 Å². The van der Waals surface area contributed by atoms with E-state index in [2.05, 4.69) is 5.32 Å². The fourth-order valence-electron chi connectivity index (χ4n) is 1.47. The maximum Gasteiger partial charge on any atom is 0.307 e. The molecule has 0 aliphatic heterocycles. The molecule has 1 aromatic heterocycles. The van der Waals surface area contributed by atoms with E-state index in [-0.39, 0.29) is 22.1 Å². The van der Waals surface area contributed by atoms with Crippen LogP contribution < -0.4 is 15.9 Å². The minimum atomic E-state index is -0.392. The Hall–Kier alpha value is -1.50. The summed E-state index contributed by atoms with van der Waals surface area (Å²) in [4.78, 5) is 22.9. The highest BCUT2D eigenvalue weighted by Crippen LogP contribution is 2.31. The molecule has 0 aliphatic carbocycles. The number of amides is 1. The molecule has 8 heteroatoms. The normalized spacial score (nSPS) is 10.4. The van der Waals surface area contributed by atoms with Crippen LogP contribution in [0.15, 0.2) is 28.5 Å². The quantitative estimate of drug-likeness (QED) is 0.853. The van der Waals surface area contributed by atoms with Crippen molar-refractivity contribution >= 4 is 51.8 Å². The first-order valence-corrected chi connectivity index (χ1v) is 6.79. The number of carbonyl (C=O) groups is 1. The van der Waals surface area contributed by atoms with Gasteiger partial charge in [-0.25, -0.2) is 0 Å². The molecule has 0 unspecified atom stereocenters. The van der Waals surface area contributed by atoms with E-state index in [9.17, 15) is 9.59 Å². The van der Waals surface area contributed by atoms with Crippen molar-refractivity contribution in [3.05, 3.63) is 43.4 Å². The highest BCUT2D eigenvalue weighted by molar-refractivity contribution is 7.07. The van der Waals surface area contributed by atoms with Crippen molar-refractivity contribution in [1.82, 2.24) is 4.57 Å². The first kappa shape index (κ1) is 13.9. The van der Waals surface area contributed by atoms with E-state index < -0.39 is 5.91 Å². The number of hydrogen-bond acceptors (Lipinski definition) is 4. The monoisotopic (exact) mass is 317 g/mol. The van der Waals surface area contributed by atoms with E-state index in [1.54, 1.807) is 11.6 Å². The predicted molar refractivity (Wildman–Crippen MR) is 78.1 cm³/mol. The third-order valence-corrected chi connectivity index (χ3v) is 3.52. The fourth-order valence-corrected chi connectivity index (χ4v) is 2.61. The average Bonchev–Trinajstić information content (AvgIpc) is 2.69. The number of aromatic nitrogens is 1. The molecule has 0 aliphatic rings. The van der Waals surface area contributed by atoms with Crippen LogP contribution in [0, 0.1) is 0 Å². The number of thiazole rings is 1. The van der Waals surface area contributed by atoms with Gasteiger partial charge in [-0.15, -0.1) is 0 Å². The van der Waals surface area contributed by atoms with E-state index >= 15 is 0 Å². The predicted octanol–water partition coefficient (Wildman–Crippen LogP) is 2.44. The van der Waals surface area contributed by atoms with Crippen LogP contribution in [0.3, 0.4) is 0 Å². The third-order valence-electron chi connectivity index (χ3n) is 2.31.